The van der Waals surface area contributed by atoms with Gasteiger partial charge >= 0.3 is 0 Å². The van der Waals surface area contributed by atoms with Gasteiger partial charge in [0.15, 0.2) is 0 Å². The molecular formula is C13H17NO3S. The smallest absolute Gasteiger partial charge is 0.264 e. The van der Waals surface area contributed by atoms with E-state index in [9.17, 15) is 8.42 Å². The van der Waals surface area contributed by atoms with Crippen LogP contribution in [-0.4, -0.2) is 26.3 Å². The van der Waals surface area contributed by atoms with Crippen LogP contribution in [0, 0.1) is 6.92 Å². The second-order valence-corrected chi connectivity index (χ2v) is 6.14. The Morgan fingerprint density at radius 1 is 1.33 bits per heavy atom. The summed E-state index contributed by atoms with van der Waals surface area (Å²) in [6.07, 6.45) is 4.54. The molecule has 5 heteroatoms. The summed E-state index contributed by atoms with van der Waals surface area (Å²) in [4.78, 5) is 3.21. The van der Waals surface area contributed by atoms with Crippen LogP contribution in [0.3, 0.4) is 0 Å². The van der Waals surface area contributed by atoms with Crippen molar-refractivity contribution in [2.45, 2.75) is 19.8 Å². The van der Waals surface area contributed by atoms with Gasteiger partial charge in [-0.15, -0.1) is 0 Å². The van der Waals surface area contributed by atoms with E-state index in [0.29, 0.717) is 6.42 Å². The van der Waals surface area contributed by atoms with Crippen LogP contribution in [0.25, 0.3) is 10.9 Å². The van der Waals surface area contributed by atoms with Gasteiger partial charge in [0.1, 0.15) is 0 Å². The molecule has 0 unspecified atom stereocenters. The van der Waals surface area contributed by atoms with Crippen molar-refractivity contribution in [3.05, 3.63) is 35.5 Å². The Hall–Kier alpha value is -1.33. The molecule has 0 spiro atoms. The summed E-state index contributed by atoms with van der Waals surface area (Å²) in [6.45, 7) is 2.29. The quantitative estimate of drug-likeness (QED) is 0.668. The van der Waals surface area contributed by atoms with E-state index in [2.05, 4.69) is 30.1 Å². The van der Waals surface area contributed by atoms with Gasteiger partial charge in [0.25, 0.3) is 10.1 Å². The number of hydrogen-bond acceptors (Lipinski definition) is 3. The Morgan fingerprint density at radius 3 is 2.83 bits per heavy atom. The van der Waals surface area contributed by atoms with E-state index in [4.69, 9.17) is 4.18 Å². The van der Waals surface area contributed by atoms with Crippen molar-refractivity contribution in [1.82, 2.24) is 4.98 Å². The Kier molecular flexibility index (Phi) is 3.73. The third-order valence-corrected chi connectivity index (χ3v) is 3.41. The van der Waals surface area contributed by atoms with Crippen LogP contribution in [0.2, 0.25) is 0 Å². The summed E-state index contributed by atoms with van der Waals surface area (Å²) < 4.78 is 26.4. The lowest BCUT2D eigenvalue weighted by atomic mass is 10.1. The molecule has 0 aliphatic rings. The zero-order valence-electron chi connectivity index (χ0n) is 10.6. The number of fused-ring (bicyclic) bond motifs is 1. The maximum atomic E-state index is 10.8. The molecule has 2 rings (SSSR count). The largest absolute Gasteiger partial charge is 0.361 e. The number of rotatable bonds is 5. The van der Waals surface area contributed by atoms with Gasteiger partial charge in [-0.05, 0) is 37.5 Å². The summed E-state index contributed by atoms with van der Waals surface area (Å²) in [7, 11) is -3.32. The standard InChI is InChI=1S/C13H17NO3S/c1-10-5-6-13-12(8-10)11(9-14-13)4-3-7-17-18(2,15)16/h5-6,8-9,14H,3-4,7H2,1-2H3. The molecule has 0 saturated heterocycles. The van der Waals surface area contributed by atoms with E-state index < -0.39 is 10.1 Å². The summed E-state index contributed by atoms with van der Waals surface area (Å²) in [5.41, 5.74) is 3.53. The molecule has 0 fully saturated rings. The van der Waals surface area contributed by atoms with Crippen molar-refractivity contribution in [3.63, 3.8) is 0 Å². The van der Waals surface area contributed by atoms with Gasteiger partial charge < -0.3 is 4.98 Å². The normalized spacial score (nSPS) is 12.1. The fourth-order valence-corrected chi connectivity index (χ4v) is 2.39. The van der Waals surface area contributed by atoms with Crippen LogP contribution >= 0.6 is 0 Å². The molecule has 18 heavy (non-hydrogen) atoms. The van der Waals surface area contributed by atoms with Gasteiger partial charge in [-0.25, -0.2) is 0 Å². The predicted octanol–water partition coefficient (Wildman–Crippen LogP) is 2.39. The molecule has 1 N–H and O–H groups in total. The molecule has 0 radical (unpaired) electrons. The van der Waals surface area contributed by atoms with Crippen molar-refractivity contribution in [1.29, 1.82) is 0 Å². The molecule has 0 aliphatic carbocycles. The van der Waals surface area contributed by atoms with Crippen LogP contribution in [0.4, 0.5) is 0 Å². The zero-order valence-corrected chi connectivity index (χ0v) is 11.4. The van der Waals surface area contributed by atoms with Crippen LogP contribution in [0.15, 0.2) is 24.4 Å². The van der Waals surface area contributed by atoms with Gasteiger partial charge in [-0.1, -0.05) is 11.6 Å². The molecule has 4 nitrogen and oxygen atoms in total. The maximum absolute atomic E-state index is 10.8. The van der Waals surface area contributed by atoms with Crippen molar-refractivity contribution in [3.8, 4) is 0 Å². The van der Waals surface area contributed by atoms with E-state index >= 15 is 0 Å². The molecule has 98 valence electrons. The highest BCUT2D eigenvalue weighted by Crippen LogP contribution is 2.20. The lowest BCUT2D eigenvalue weighted by Gasteiger charge is -2.01. The minimum Gasteiger partial charge on any atom is -0.361 e. The zero-order chi connectivity index (χ0) is 13.2. The van der Waals surface area contributed by atoms with Gasteiger partial charge in [-0.2, -0.15) is 8.42 Å². The molecule has 1 aromatic carbocycles. The van der Waals surface area contributed by atoms with Gasteiger partial charge in [-0.3, -0.25) is 4.18 Å². The van der Waals surface area contributed by atoms with E-state index in [1.807, 2.05) is 6.20 Å². The molecule has 1 heterocycles. The molecule has 0 saturated carbocycles. The fourth-order valence-electron chi connectivity index (χ4n) is 1.97. The summed E-state index contributed by atoms with van der Waals surface area (Å²) in [6, 6.07) is 6.26. The number of hydrogen-bond donors (Lipinski definition) is 1. The minimum atomic E-state index is -3.32. The highest BCUT2D eigenvalue weighted by atomic mass is 32.2. The Morgan fingerprint density at radius 2 is 2.11 bits per heavy atom. The Bertz CT molecular complexity index is 643. The number of benzene rings is 1. The lowest BCUT2D eigenvalue weighted by Crippen LogP contribution is -2.04. The number of nitrogens with one attached hydrogen (secondary N) is 1. The van der Waals surface area contributed by atoms with Crippen molar-refractivity contribution in [2.24, 2.45) is 0 Å². The van der Waals surface area contributed by atoms with E-state index in [0.717, 1.165) is 18.2 Å². The molecule has 0 aliphatic heterocycles. The van der Waals surface area contributed by atoms with Crippen molar-refractivity contribution in [2.75, 3.05) is 12.9 Å². The molecule has 0 bridgehead atoms. The maximum Gasteiger partial charge on any atom is 0.264 e. The second kappa shape index (κ2) is 5.12. The fraction of sp³-hybridized carbons (Fsp3) is 0.385. The molecular weight excluding hydrogens is 250 g/mol. The first-order chi connectivity index (χ1) is 8.46. The van der Waals surface area contributed by atoms with E-state index in [1.54, 1.807) is 0 Å². The number of aromatic nitrogens is 1. The summed E-state index contributed by atoms with van der Waals surface area (Å²) in [5, 5.41) is 1.20. The predicted molar refractivity (Wildman–Crippen MR) is 72.2 cm³/mol. The topological polar surface area (TPSA) is 59.2 Å². The summed E-state index contributed by atoms with van der Waals surface area (Å²) >= 11 is 0. The molecule has 0 atom stereocenters. The van der Waals surface area contributed by atoms with Crippen LogP contribution in [0.1, 0.15) is 17.5 Å². The lowest BCUT2D eigenvalue weighted by molar-refractivity contribution is 0.316. The number of aromatic amines is 1. The Balaban J connectivity index is 2.02. The van der Waals surface area contributed by atoms with Gasteiger partial charge in [0, 0.05) is 17.1 Å². The van der Waals surface area contributed by atoms with Crippen LogP contribution in [-0.2, 0) is 20.7 Å². The van der Waals surface area contributed by atoms with Crippen LogP contribution < -0.4 is 0 Å². The first kappa shape index (κ1) is 13.1. The molecule has 0 amide bonds. The van der Waals surface area contributed by atoms with E-state index in [1.165, 1.54) is 16.5 Å². The third kappa shape index (κ3) is 3.34. The first-order valence-corrected chi connectivity index (χ1v) is 7.68. The number of H-pyrrole nitrogens is 1. The van der Waals surface area contributed by atoms with E-state index in [-0.39, 0.29) is 6.61 Å². The van der Waals surface area contributed by atoms with Crippen LogP contribution in [0.5, 0.6) is 0 Å². The average molecular weight is 267 g/mol. The number of aryl methyl sites for hydroxylation is 2. The second-order valence-electron chi connectivity index (χ2n) is 4.49. The average Bonchev–Trinajstić information content (AvgIpc) is 2.66. The first-order valence-electron chi connectivity index (χ1n) is 5.87. The van der Waals surface area contributed by atoms with Gasteiger partial charge in [0.2, 0.25) is 0 Å². The van der Waals surface area contributed by atoms with Gasteiger partial charge in [0.05, 0.1) is 12.9 Å². The summed E-state index contributed by atoms with van der Waals surface area (Å²) in [5.74, 6) is 0. The highest BCUT2D eigenvalue weighted by Gasteiger charge is 2.05. The SMILES string of the molecule is Cc1ccc2[nH]cc(CCCOS(C)(=O)=O)c2c1. The van der Waals surface area contributed by atoms with Crippen molar-refractivity contribution >= 4 is 21.0 Å². The highest BCUT2D eigenvalue weighted by molar-refractivity contribution is 7.85. The monoisotopic (exact) mass is 267 g/mol. The molecule has 2 aromatic rings. The molecule has 1 aromatic heterocycles. The third-order valence-electron chi connectivity index (χ3n) is 2.81. The Labute approximate surface area is 107 Å². The minimum absolute atomic E-state index is 0.233. The van der Waals surface area contributed by atoms with Crippen molar-refractivity contribution < 1.29 is 12.6 Å².